The lowest BCUT2D eigenvalue weighted by Crippen LogP contribution is -2.13. The molecule has 7 nitrogen and oxygen atoms in total. The number of carbonyl (C=O) groups is 1. The number of anilines is 1. The molecule has 2 aromatic carbocycles. The Morgan fingerprint density at radius 1 is 1.11 bits per heavy atom. The molecule has 140 valence electrons. The van der Waals surface area contributed by atoms with Crippen molar-refractivity contribution in [2.45, 2.75) is 13.8 Å². The lowest BCUT2D eigenvalue weighted by Gasteiger charge is -2.05. The van der Waals surface area contributed by atoms with Crippen molar-refractivity contribution < 1.29 is 4.79 Å². The molecule has 0 fully saturated rings. The third kappa shape index (κ3) is 3.46. The van der Waals surface area contributed by atoms with Crippen molar-refractivity contribution in [2.75, 3.05) is 5.32 Å². The second kappa shape index (κ2) is 7.61. The summed E-state index contributed by atoms with van der Waals surface area (Å²) in [5.74, 6) is 0.218. The number of aryl methyl sites for hydroxylation is 1. The van der Waals surface area contributed by atoms with E-state index >= 15 is 0 Å². The topological polar surface area (TPSA) is 85.6 Å². The van der Waals surface area contributed by atoms with Gasteiger partial charge in [-0.05, 0) is 53.5 Å². The minimum atomic E-state index is -0.214. The molecule has 0 aliphatic rings. The molecular formula is C19H15BrN6OS. The molecule has 0 unspecified atom stereocenters. The first-order valence-corrected chi connectivity index (χ1v) is 9.99. The third-order valence-corrected chi connectivity index (χ3v) is 5.52. The second-order valence-electron chi connectivity index (χ2n) is 6.08. The molecule has 0 aliphatic heterocycles. The van der Waals surface area contributed by atoms with Gasteiger partial charge in [0.2, 0.25) is 5.13 Å². The van der Waals surface area contributed by atoms with E-state index in [9.17, 15) is 4.79 Å². The van der Waals surface area contributed by atoms with E-state index in [1.807, 2.05) is 56.3 Å². The van der Waals surface area contributed by atoms with Crippen LogP contribution in [-0.4, -0.2) is 30.3 Å². The number of hydrogen-bond acceptors (Lipinski definition) is 6. The van der Waals surface area contributed by atoms with Crippen LogP contribution in [0.2, 0.25) is 0 Å². The lowest BCUT2D eigenvalue weighted by atomic mass is 10.1. The quantitative estimate of drug-likeness (QED) is 0.493. The summed E-state index contributed by atoms with van der Waals surface area (Å²) in [7, 11) is 0. The van der Waals surface area contributed by atoms with Crippen molar-refractivity contribution in [1.82, 2.24) is 24.4 Å². The molecule has 0 aliphatic carbocycles. The van der Waals surface area contributed by atoms with Gasteiger partial charge in [-0.1, -0.05) is 35.5 Å². The monoisotopic (exact) mass is 454 g/mol. The third-order valence-electron chi connectivity index (χ3n) is 4.22. The van der Waals surface area contributed by atoms with Gasteiger partial charge < -0.3 is 0 Å². The number of amides is 1. The summed E-state index contributed by atoms with van der Waals surface area (Å²) < 4.78 is 6.97. The van der Waals surface area contributed by atoms with Crippen LogP contribution in [-0.2, 0) is 0 Å². The molecular weight excluding hydrogens is 440 g/mol. The number of benzene rings is 2. The van der Waals surface area contributed by atoms with Crippen LogP contribution in [0.15, 0.2) is 53.0 Å². The zero-order valence-electron chi connectivity index (χ0n) is 15.0. The second-order valence-corrected chi connectivity index (χ2v) is 7.69. The molecule has 0 bridgehead atoms. The zero-order chi connectivity index (χ0) is 19.7. The van der Waals surface area contributed by atoms with Crippen molar-refractivity contribution in [2.24, 2.45) is 0 Å². The molecule has 4 rings (SSSR count). The number of hydrogen-bond donors (Lipinski definition) is 1. The van der Waals surface area contributed by atoms with Gasteiger partial charge in [-0.2, -0.15) is 9.36 Å². The standard InChI is InChI=1S/C19H15BrN6OS/c1-11-7-3-4-8-13(11)18(27)22-19-21-17(24-28-19)16-12(2)26(25-23-16)15-10-6-5-9-14(15)20/h3-10H,1-2H3,(H,21,22,24,27). The minimum Gasteiger partial charge on any atom is -0.297 e. The molecule has 1 amide bonds. The molecule has 0 radical (unpaired) electrons. The Labute approximate surface area is 173 Å². The maximum atomic E-state index is 12.5. The first-order chi connectivity index (χ1) is 13.5. The molecule has 0 saturated heterocycles. The van der Waals surface area contributed by atoms with Crippen molar-refractivity contribution in [3.05, 3.63) is 69.8 Å². The van der Waals surface area contributed by atoms with E-state index in [0.29, 0.717) is 22.2 Å². The molecule has 2 heterocycles. The largest absolute Gasteiger partial charge is 0.297 e. The fourth-order valence-electron chi connectivity index (χ4n) is 2.75. The molecule has 0 saturated carbocycles. The van der Waals surface area contributed by atoms with Gasteiger partial charge in [0.15, 0.2) is 11.5 Å². The Kier molecular flexibility index (Phi) is 5.01. The van der Waals surface area contributed by atoms with E-state index in [1.165, 1.54) is 0 Å². The van der Waals surface area contributed by atoms with Gasteiger partial charge in [0, 0.05) is 21.6 Å². The van der Waals surface area contributed by atoms with Crippen LogP contribution in [0, 0.1) is 13.8 Å². The molecule has 1 N–H and O–H groups in total. The first kappa shape index (κ1) is 18.5. The molecule has 2 aromatic heterocycles. The highest BCUT2D eigenvalue weighted by Gasteiger charge is 2.19. The summed E-state index contributed by atoms with van der Waals surface area (Å²) in [6, 6.07) is 15.1. The van der Waals surface area contributed by atoms with Gasteiger partial charge in [-0.15, -0.1) is 5.10 Å². The number of carbonyl (C=O) groups excluding carboxylic acids is 1. The summed E-state index contributed by atoms with van der Waals surface area (Å²) in [5, 5.41) is 11.7. The number of halogens is 1. The van der Waals surface area contributed by atoms with Crippen molar-refractivity contribution in [3.63, 3.8) is 0 Å². The molecule has 28 heavy (non-hydrogen) atoms. The highest BCUT2D eigenvalue weighted by molar-refractivity contribution is 9.10. The summed E-state index contributed by atoms with van der Waals surface area (Å²) in [4.78, 5) is 16.9. The van der Waals surface area contributed by atoms with Gasteiger partial charge in [-0.25, -0.2) is 4.68 Å². The predicted octanol–water partition coefficient (Wildman–Crippen LogP) is 4.42. The summed E-state index contributed by atoms with van der Waals surface area (Å²) in [6.45, 7) is 3.80. The first-order valence-electron chi connectivity index (χ1n) is 8.43. The smallest absolute Gasteiger partial charge is 0.257 e. The Morgan fingerprint density at radius 2 is 1.86 bits per heavy atom. The van der Waals surface area contributed by atoms with Gasteiger partial charge in [0.05, 0.1) is 11.4 Å². The number of rotatable bonds is 4. The van der Waals surface area contributed by atoms with Crippen molar-refractivity contribution in [3.8, 4) is 17.2 Å². The zero-order valence-corrected chi connectivity index (χ0v) is 17.5. The highest BCUT2D eigenvalue weighted by atomic mass is 79.9. The SMILES string of the molecule is Cc1ccccc1C(=O)Nc1nc(-c2nnn(-c3ccccc3Br)c2C)ns1. The van der Waals surface area contributed by atoms with Gasteiger partial charge in [-0.3, -0.25) is 10.1 Å². The molecule has 4 aromatic rings. The number of para-hydroxylation sites is 1. The molecule has 0 atom stereocenters. The van der Waals surface area contributed by atoms with Crippen LogP contribution in [0.4, 0.5) is 5.13 Å². The molecule has 9 heteroatoms. The fourth-order valence-corrected chi connectivity index (χ4v) is 3.77. The Morgan fingerprint density at radius 3 is 2.64 bits per heavy atom. The van der Waals surface area contributed by atoms with Crippen LogP contribution in [0.5, 0.6) is 0 Å². The maximum absolute atomic E-state index is 12.5. The summed E-state index contributed by atoms with van der Waals surface area (Å²) >= 11 is 4.64. The Hall–Kier alpha value is -2.91. The average Bonchev–Trinajstić information content (AvgIpc) is 3.29. The van der Waals surface area contributed by atoms with E-state index < -0.39 is 0 Å². The van der Waals surface area contributed by atoms with Gasteiger partial charge in [0.1, 0.15) is 0 Å². The normalized spacial score (nSPS) is 10.8. The van der Waals surface area contributed by atoms with E-state index in [4.69, 9.17) is 0 Å². The predicted molar refractivity (Wildman–Crippen MR) is 112 cm³/mol. The average molecular weight is 455 g/mol. The van der Waals surface area contributed by atoms with Crippen LogP contribution >= 0.6 is 27.5 Å². The van der Waals surface area contributed by atoms with Crippen LogP contribution in [0.3, 0.4) is 0 Å². The summed E-state index contributed by atoms with van der Waals surface area (Å²) in [6.07, 6.45) is 0. The van der Waals surface area contributed by atoms with E-state index in [0.717, 1.165) is 32.9 Å². The fraction of sp³-hybridized carbons (Fsp3) is 0.105. The van der Waals surface area contributed by atoms with Crippen LogP contribution < -0.4 is 5.32 Å². The number of aromatic nitrogens is 5. The van der Waals surface area contributed by atoms with Crippen LogP contribution in [0.1, 0.15) is 21.6 Å². The number of nitrogens with zero attached hydrogens (tertiary/aromatic N) is 5. The van der Waals surface area contributed by atoms with Crippen molar-refractivity contribution in [1.29, 1.82) is 0 Å². The Bertz CT molecular complexity index is 1170. The number of nitrogens with one attached hydrogen (secondary N) is 1. The highest BCUT2D eigenvalue weighted by Crippen LogP contribution is 2.26. The van der Waals surface area contributed by atoms with E-state index in [-0.39, 0.29) is 5.91 Å². The summed E-state index contributed by atoms with van der Waals surface area (Å²) in [5.41, 5.74) is 3.76. The van der Waals surface area contributed by atoms with Gasteiger partial charge >= 0.3 is 0 Å². The maximum Gasteiger partial charge on any atom is 0.257 e. The molecule has 0 spiro atoms. The van der Waals surface area contributed by atoms with Crippen molar-refractivity contribution >= 4 is 38.5 Å². The van der Waals surface area contributed by atoms with Gasteiger partial charge in [0.25, 0.3) is 5.91 Å². The Balaban J connectivity index is 1.60. The van der Waals surface area contributed by atoms with Crippen LogP contribution in [0.25, 0.3) is 17.2 Å². The lowest BCUT2D eigenvalue weighted by molar-refractivity contribution is 0.102. The minimum absolute atomic E-state index is 0.214. The van der Waals surface area contributed by atoms with E-state index in [1.54, 1.807) is 10.7 Å². The van der Waals surface area contributed by atoms with E-state index in [2.05, 4.69) is 40.9 Å².